The molecule has 0 saturated carbocycles. The van der Waals surface area contributed by atoms with Crippen molar-refractivity contribution in [1.29, 1.82) is 0 Å². The molecule has 0 aliphatic heterocycles. The van der Waals surface area contributed by atoms with E-state index in [1.54, 1.807) is 31.4 Å². The van der Waals surface area contributed by atoms with E-state index in [0.29, 0.717) is 11.3 Å². The average molecular weight is 403 g/mol. The van der Waals surface area contributed by atoms with E-state index in [4.69, 9.17) is 4.74 Å². The van der Waals surface area contributed by atoms with Gasteiger partial charge >= 0.3 is 0 Å². The summed E-state index contributed by atoms with van der Waals surface area (Å²) in [5.41, 5.74) is 2.89. The van der Waals surface area contributed by atoms with E-state index in [1.807, 2.05) is 61.5 Å². The van der Waals surface area contributed by atoms with Crippen LogP contribution in [0.3, 0.4) is 0 Å². The van der Waals surface area contributed by atoms with E-state index in [1.165, 1.54) is 0 Å². The number of hydrogen-bond donors (Lipinski definition) is 3. The van der Waals surface area contributed by atoms with Crippen LogP contribution < -0.4 is 20.7 Å². The lowest BCUT2D eigenvalue weighted by atomic mass is 10.1. The van der Waals surface area contributed by atoms with E-state index >= 15 is 0 Å². The van der Waals surface area contributed by atoms with Gasteiger partial charge in [-0.15, -0.1) is 0 Å². The number of nitrogens with one attached hydrogen (secondary N) is 3. The predicted octanol–water partition coefficient (Wildman–Crippen LogP) is 4.24. The third-order valence-corrected chi connectivity index (χ3v) is 4.60. The topological polar surface area (TPSA) is 79.5 Å². The number of hydrogen-bond acceptors (Lipinski definition) is 4. The van der Waals surface area contributed by atoms with Crippen molar-refractivity contribution in [1.82, 2.24) is 5.32 Å². The number of carbonyl (C=O) groups is 2. The molecule has 3 aromatic rings. The Hall–Kier alpha value is -3.80. The van der Waals surface area contributed by atoms with Gasteiger partial charge in [0.05, 0.1) is 19.7 Å². The van der Waals surface area contributed by atoms with Gasteiger partial charge in [0.25, 0.3) is 5.91 Å². The van der Waals surface area contributed by atoms with Gasteiger partial charge in [-0.05, 0) is 55.0 Å². The first-order chi connectivity index (χ1) is 14.5. The summed E-state index contributed by atoms with van der Waals surface area (Å²) in [6.45, 7) is 2.04. The number of amides is 2. The highest BCUT2D eigenvalue weighted by Crippen LogP contribution is 2.16. The molecular weight excluding hydrogens is 378 g/mol. The summed E-state index contributed by atoms with van der Waals surface area (Å²) >= 11 is 0. The van der Waals surface area contributed by atoms with Crippen LogP contribution >= 0.6 is 0 Å². The average Bonchev–Trinajstić information content (AvgIpc) is 2.78. The van der Waals surface area contributed by atoms with Crippen molar-refractivity contribution in [3.63, 3.8) is 0 Å². The summed E-state index contributed by atoms with van der Waals surface area (Å²) in [6.07, 6.45) is 0. The number of ether oxygens (including phenoxy) is 1. The second-order valence-corrected chi connectivity index (χ2v) is 6.82. The second-order valence-electron chi connectivity index (χ2n) is 6.82. The van der Waals surface area contributed by atoms with E-state index in [9.17, 15) is 9.59 Å². The Morgan fingerprint density at radius 3 is 2.33 bits per heavy atom. The van der Waals surface area contributed by atoms with Crippen LogP contribution in [0.1, 0.15) is 28.9 Å². The molecule has 0 bridgehead atoms. The lowest BCUT2D eigenvalue weighted by Gasteiger charge is -2.15. The monoisotopic (exact) mass is 403 g/mol. The molecule has 0 radical (unpaired) electrons. The Morgan fingerprint density at radius 1 is 0.900 bits per heavy atom. The van der Waals surface area contributed by atoms with Crippen LogP contribution in [0.4, 0.5) is 11.4 Å². The fourth-order valence-corrected chi connectivity index (χ4v) is 2.94. The molecule has 0 saturated heterocycles. The molecular formula is C24H25N3O3. The molecule has 0 heterocycles. The van der Waals surface area contributed by atoms with Crippen molar-refractivity contribution in [2.24, 2.45) is 0 Å². The first kappa shape index (κ1) is 20.9. The molecule has 154 valence electrons. The van der Waals surface area contributed by atoms with Crippen LogP contribution in [0.2, 0.25) is 0 Å². The van der Waals surface area contributed by atoms with Gasteiger partial charge in [-0.1, -0.05) is 36.4 Å². The zero-order valence-corrected chi connectivity index (χ0v) is 17.0. The number of benzene rings is 3. The van der Waals surface area contributed by atoms with Crippen LogP contribution in [0, 0.1) is 0 Å². The van der Waals surface area contributed by atoms with Crippen molar-refractivity contribution >= 4 is 23.2 Å². The van der Waals surface area contributed by atoms with Gasteiger partial charge in [0, 0.05) is 16.9 Å². The summed E-state index contributed by atoms with van der Waals surface area (Å²) < 4.78 is 5.11. The van der Waals surface area contributed by atoms with Crippen LogP contribution in [0.5, 0.6) is 5.75 Å². The maximum absolute atomic E-state index is 12.6. The van der Waals surface area contributed by atoms with Crippen LogP contribution in [-0.2, 0) is 4.79 Å². The lowest BCUT2D eigenvalue weighted by molar-refractivity contribution is -0.114. The Balaban J connectivity index is 1.55. The molecule has 6 heteroatoms. The fraction of sp³-hybridized carbons (Fsp3) is 0.167. The van der Waals surface area contributed by atoms with Gasteiger partial charge in [-0.3, -0.25) is 9.59 Å². The third kappa shape index (κ3) is 5.85. The molecule has 0 aliphatic carbocycles. The SMILES string of the molecule is COc1ccc(NCC(=O)Nc2cccc(C(=O)NC(C)c3ccccc3)c2)cc1. The molecule has 1 atom stereocenters. The maximum atomic E-state index is 12.6. The zero-order chi connectivity index (χ0) is 21.3. The molecule has 0 aliphatic rings. The number of methoxy groups -OCH3 is 1. The van der Waals surface area contributed by atoms with Crippen LogP contribution in [0.25, 0.3) is 0 Å². The van der Waals surface area contributed by atoms with Crippen molar-refractivity contribution in [3.8, 4) is 5.75 Å². The largest absolute Gasteiger partial charge is 0.497 e. The highest BCUT2D eigenvalue weighted by atomic mass is 16.5. The quantitative estimate of drug-likeness (QED) is 0.526. The summed E-state index contributed by atoms with van der Waals surface area (Å²) in [7, 11) is 1.60. The Morgan fingerprint density at radius 2 is 1.63 bits per heavy atom. The molecule has 3 rings (SSSR count). The standard InChI is InChI=1S/C24H25N3O3/c1-17(18-7-4-3-5-8-18)26-24(29)19-9-6-10-21(15-19)27-23(28)16-25-20-11-13-22(30-2)14-12-20/h3-15,17,25H,16H2,1-2H3,(H,26,29)(H,27,28). The lowest BCUT2D eigenvalue weighted by Crippen LogP contribution is -2.27. The minimum atomic E-state index is -0.207. The third-order valence-electron chi connectivity index (χ3n) is 4.60. The van der Waals surface area contributed by atoms with Crippen molar-refractivity contribution < 1.29 is 14.3 Å². The smallest absolute Gasteiger partial charge is 0.251 e. The van der Waals surface area contributed by atoms with Crippen molar-refractivity contribution in [3.05, 3.63) is 90.0 Å². The molecule has 3 N–H and O–H groups in total. The van der Waals surface area contributed by atoms with Crippen LogP contribution in [0.15, 0.2) is 78.9 Å². The summed E-state index contributed by atoms with van der Waals surface area (Å²) in [6, 6.07) is 23.8. The maximum Gasteiger partial charge on any atom is 0.251 e. The van der Waals surface area contributed by atoms with E-state index in [2.05, 4.69) is 16.0 Å². The minimum Gasteiger partial charge on any atom is -0.497 e. The van der Waals surface area contributed by atoms with Gasteiger partial charge in [0.15, 0.2) is 0 Å². The van der Waals surface area contributed by atoms with Crippen molar-refractivity contribution in [2.45, 2.75) is 13.0 Å². The number of rotatable bonds is 8. The van der Waals surface area contributed by atoms with E-state index in [0.717, 1.165) is 17.0 Å². The van der Waals surface area contributed by atoms with E-state index < -0.39 is 0 Å². The summed E-state index contributed by atoms with van der Waals surface area (Å²) in [5.74, 6) is 0.349. The summed E-state index contributed by atoms with van der Waals surface area (Å²) in [5, 5.41) is 8.83. The van der Waals surface area contributed by atoms with Gasteiger partial charge in [-0.2, -0.15) is 0 Å². The molecule has 0 aromatic heterocycles. The highest BCUT2D eigenvalue weighted by molar-refractivity contribution is 5.98. The van der Waals surface area contributed by atoms with Gasteiger partial charge < -0.3 is 20.7 Å². The molecule has 0 spiro atoms. The Bertz CT molecular complexity index is 988. The first-order valence-corrected chi connectivity index (χ1v) is 9.69. The molecule has 2 amide bonds. The van der Waals surface area contributed by atoms with Crippen LogP contribution in [-0.4, -0.2) is 25.5 Å². The molecule has 3 aromatic carbocycles. The molecule has 0 fully saturated rings. The molecule has 30 heavy (non-hydrogen) atoms. The van der Waals surface area contributed by atoms with Crippen molar-refractivity contribution in [2.75, 3.05) is 24.3 Å². The molecule has 6 nitrogen and oxygen atoms in total. The number of carbonyl (C=O) groups excluding carboxylic acids is 2. The Labute approximate surface area is 176 Å². The predicted molar refractivity (Wildman–Crippen MR) is 119 cm³/mol. The number of anilines is 2. The minimum absolute atomic E-state index is 0.105. The van der Waals surface area contributed by atoms with Gasteiger partial charge in [0.1, 0.15) is 5.75 Å². The second kappa shape index (κ2) is 10.1. The van der Waals surface area contributed by atoms with E-state index in [-0.39, 0.29) is 24.4 Å². The highest BCUT2D eigenvalue weighted by Gasteiger charge is 2.12. The summed E-state index contributed by atoms with van der Waals surface area (Å²) in [4.78, 5) is 24.8. The van der Waals surface area contributed by atoms with Gasteiger partial charge in [0.2, 0.25) is 5.91 Å². The Kier molecular flexibility index (Phi) is 7.05. The normalized spacial score (nSPS) is 11.3. The molecule has 1 unspecified atom stereocenters. The first-order valence-electron chi connectivity index (χ1n) is 9.69. The zero-order valence-electron chi connectivity index (χ0n) is 17.0. The van der Waals surface area contributed by atoms with Gasteiger partial charge in [-0.25, -0.2) is 0 Å². The fourth-order valence-electron chi connectivity index (χ4n) is 2.94.